The Bertz CT molecular complexity index is 521. The minimum atomic E-state index is 0.354. The third-order valence-electron chi connectivity index (χ3n) is 3.13. The summed E-state index contributed by atoms with van der Waals surface area (Å²) in [4.78, 5) is 2.67. The molecule has 1 N–H and O–H groups in total. The molecule has 102 valence electrons. The highest BCUT2D eigenvalue weighted by Gasteiger charge is 2.12. The number of thioether (sulfide) groups is 1. The van der Waals surface area contributed by atoms with E-state index in [1.54, 1.807) is 23.1 Å². The fourth-order valence-corrected chi connectivity index (χ4v) is 3.87. The summed E-state index contributed by atoms with van der Waals surface area (Å²) in [7, 11) is 0. The van der Waals surface area contributed by atoms with E-state index >= 15 is 0 Å². The van der Waals surface area contributed by atoms with E-state index in [2.05, 4.69) is 77.1 Å². The summed E-state index contributed by atoms with van der Waals surface area (Å²) in [5, 5.41) is 5.78. The SMILES string of the molecule is CSc1ccc(C(C)NC(C)c2cc(Br)cs2)cc1. The Morgan fingerprint density at radius 2 is 1.84 bits per heavy atom. The van der Waals surface area contributed by atoms with E-state index in [1.165, 1.54) is 15.3 Å². The zero-order chi connectivity index (χ0) is 13.8. The van der Waals surface area contributed by atoms with Crippen molar-refractivity contribution in [3.8, 4) is 0 Å². The molecule has 0 saturated heterocycles. The number of hydrogen-bond donors (Lipinski definition) is 1. The minimum Gasteiger partial charge on any atom is -0.303 e. The van der Waals surface area contributed by atoms with Gasteiger partial charge in [-0.15, -0.1) is 23.1 Å². The number of halogens is 1. The van der Waals surface area contributed by atoms with Gasteiger partial charge in [-0.05, 0) is 59.8 Å². The first-order chi connectivity index (χ1) is 9.10. The Hall–Kier alpha value is -0.290. The first-order valence-electron chi connectivity index (χ1n) is 6.24. The van der Waals surface area contributed by atoms with Gasteiger partial charge in [0.15, 0.2) is 0 Å². The van der Waals surface area contributed by atoms with Gasteiger partial charge in [0, 0.05) is 31.7 Å². The lowest BCUT2D eigenvalue weighted by molar-refractivity contribution is 0.500. The standard InChI is InChI=1S/C15H18BrNS2/c1-10(12-4-6-14(18-3)7-5-12)17-11(2)15-8-13(16)9-19-15/h4-11,17H,1-3H3. The molecule has 0 amide bonds. The van der Waals surface area contributed by atoms with E-state index in [0.29, 0.717) is 12.1 Å². The molecule has 0 radical (unpaired) electrons. The first kappa shape index (κ1) is 15.1. The second-order valence-corrected chi connectivity index (χ2v) is 7.29. The zero-order valence-corrected chi connectivity index (χ0v) is 14.5. The number of nitrogens with one attached hydrogen (secondary N) is 1. The molecule has 19 heavy (non-hydrogen) atoms. The molecular formula is C15H18BrNS2. The molecule has 2 atom stereocenters. The van der Waals surface area contributed by atoms with Crippen molar-refractivity contribution in [2.45, 2.75) is 30.8 Å². The van der Waals surface area contributed by atoms with E-state index in [1.807, 2.05) is 0 Å². The van der Waals surface area contributed by atoms with Gasteiger partial charge in [-0.3, -0.25) is 0 Å². The predicted octanol–water partition coefficient (Wildman–Crippen LogP) is 5.64. The number of rotatable bonds is 5. The Kier molecular flexibility index (Phi) is 5.51. The van der Waals surface area contributed by atoms with Crippen molar-refractivity contribution < 1.29 is 0 Å². The van der Waals surface area contributed by atoms with Crippen LogP contribution in [0.15, 0.2) is 45.1 Å². The van der Waals surface area contributed by atoms with Crippen molar-refractivity contribution >= 4 is 39.0 Å². The van der Waals surface area contributed by atoms with Crippen molar-refractivity contribution in [3.05, 3.63) is 50.6 Å². The van der Waals surface area contributed by atoms with Crippen molar-refractivity contribution in [3.63, 3.8) is 0 Å². The summed E-state index contributed by atoms with van der Waals surface area (Å²) in [6.45, 7) is 4.43. The van der Waals surface area contributed by atoms with Gasteiger partial charge in [-0.25, -0.2) is 0 Å². The van der Waals surface area contributed by atoms with Crippen LogP contribution in [0, 0.1) is 0 Å². The second-order valence-electron chi connectivity index (χ2n) is 4.55. The Morgan fingerprint density at radius 3 is 2.37 bits per heavy atom. The highest BCUT2D eigenvalue weighted by Crippen LogP contribution is 2.27. The van der Waals surface area contributed by atoms with Crippen LogP contribution in [0.4, 0.5) is 0 Å². The van der Waals surface area contributed by atoms with Crippen LogP contribution in [-0.4, -0.2) is 6.26 Å². The van der Waals surface area contributed by atoms with Gasteiger partial charge in [0.25, 0.3) is 0 Å². The predicted molar refractivity (Wildman–Crippen MR) is 90.2 cm³/mol. The van der Waals surface area contributed by atoms with Crippen molar-refractivity contribution in [2.24, 2.45) is 0 Å². The average molecular weight is 356 g/mol. The molecule has 0 spiro atoms. The van der Waals surface area contributed by atoms with E-state index in [9.17, 15) is 0 Å². The smallest absolute Gasteiger partial charge is 0.0391 e. The topological polar surface area (TPSA) is 12.0 Å². The molecule has 0 aliphatic heterocycles. The molecule has 2 aromatic rings. The van der Waals surface area contributed by atoms with E-state index in [4.69, 9.17) is 0 Å². The highest BCUT2D eigenvalue weighted by atomic mass is 79.9. The summed E-state index contributed by atoms with van der Waals surface area (Å²) in [6.07, 6.45) is 2.10. The summed E-state index contributed by atoms with van der Waals surface area (Å²) < 4.78 is 1.16. The normalized spacial score (nSPS) is 14.3. The molecule has 0 aliphatic rings. The van der Waals surface area contributed by atoms with Gasteiger partial charge in [0.1, 0.15) is 0 Å². The lowest BCUT2D eigenvalue weighted by Gasteiger charge is -2.19. The fraction of sp³-hybridized carbons (Fsp3) is 0.333. The van der Waals surface area contributed by atoms with Crippen LogP contribution in [-0.2, 0) is 0 Å². The molecule has 0 saturated carbocycles. The molecule has 2 unspecified atom stereocenters. The number of benzene rings is 1. The van der Waals surface area contributed by atoms with Gasteiger partial charge < -0.3 is 5.32 Å². The zero-order valence-electron chi connectivity index (χ0n) is 11.3. The molecule has 1 aromatic carbocycles. The van der Waals surface area contributed by atoms with Crippen LogP contribution in [0.3, 0.4) is 0 Å². The number of hydrogen-bond acceptors (Lipinski definition) is 3. The summed E-state index contributed by atoms with van der Waals surface area (Å²) in [5.74, 6) is 0. The van der Waals surface area contributed by atoms with Gasteiger partial charge in [0.05, 0.1) is 0 Å². The molecule has 1 heterocycles. The molecule has 0 fully saturated rings. The van der Waals surface area contributed by atoms with Crippen LogP contribution < -0.4 is 5.32 Å². The van der Waals surface area contributed by atoms with Gasteiger partial charge in [-0.2, -0.15) is 0 Å². The van der Waals surface area contributed by atoms with Gasteiger partial charge >= 0.3 is 0 Å². The van der Waals surface area contributed by atoms with E-state index in [0.717, 1.165) is 4.47 Å². The van der Waals surface area contributed by atoms with Crippen LogP contribution in [0.25, 0.3) is 0 Å². The Labute approximate surface area is 131 Å². The maximum absolute atomic E-state index is 3.65. The average Bonchev–Trinajstić information content (AvgIpc) is 2.85. The van der Waals surface area contributed by atoms with Crippen molar-refractivity contribution in [1.82, 2.24) is 5.32 Å². The summed E-state index contributed by atoms with van der Waals surface area (Å²) in [6, 6.07) is 11.7. The van der Waals surface area contributed by atoms with Gasteiger partial charge in [0.2, 0.25) is 0 Å². The second kappa shape index (κ2) is 6.93. The van der Waals surface area contributed by atoms with E-state index < -0.39 is 0 Å². The van der Waals surface area contributed by atoms with Gasteiger partial charge in [-0.1, -0.05) is 12.1 Å². The van der Waals surface area contributed by atoms with Crippen LogP contribution in [0.1, 0.15) is 36.4 Å². The molecule has 0 bridgehead atoms. The maximum atomic E-state index is 3.65. The fourth-order valence-electron chi connectivity index (χ4n) is 2.00. The Balaban J connectivity index is 2.01. The molecule has 2 rings (SSSR count). The monoisotopic (exact) mass is 355 g/mol. The lowest BCUT2D eigenvalue weighted by atomic mass is 10.1. The van der Waals surface area contributed by atoms with Crippen molar-refractivity contribution in [1.29, 1.82) is 0 Å². The first-order valence-corrected chi connectivity index (χ1v) is 9.14. The molecule has 1 aromatic heterocycles. The van der Waals surface area contributed by atoms with E-state index in [-0.39, 0.29) is 0 Å². The molecule has 4 heteroatoms. The lowest BCUT2D eigenvalue weighted by Crippen LogP contribution is -2.21. The minimum absolute atomic E-state index is 0.354. The third kappa shape index (κ3) is 4.09. The molecule has 0 aliphatic carbocycles. The molecule has 1 nitrogen and oxygen atoms in total. The largest absolute Gasteiger partial charge is 0.303 e. The van der Waals surface area contributed by atoms with Crippen molar-refractivity contribution in [2.75, 3.05) is 6.26 Å². The summed E-state index contributed by atoms with van der Waals surface area (Å²) in [5.41, 5.74) is 1.33. The quantitative estimate of drug-likeness (QED) is 0.696. The highest BCUT2D eigenvalue weighted by molar-refractivity contribution is 9.10. The Morgan fingerprint density at radius 1 is 1.16 bits per heavy atom. The molecular weight excluding hydrogens is 338 g/mol. The van der Waals surface area contributed by atoms with Crippen LogP contribution >= 0.6 is 39.0 Å². The maximum Gasteiger partial charge on any atom is 0.0391 e. The van der Waals surface area contributed by atoms with Crippen LogP contribution in [0.5, 0.6) is 0 Å². The summed E-state index contributed by atoms with van der Waals surface area (Å²) >= 11 is 7.07. The van der Waals surface area contributed by atoms with Crippen LogP contribution in [0.2, 0.25) is 0 Å². The third-order valence-corrected chi connectivity index (χ3v) is 5.75. The number of thiophene rings is 1.